The smallest absolute Gasteiger partial charge is 0.0716 e. The summed E-state index contributed by atoms with van der Waals surface area (Å²) < 4.78 is 10.7. The van der Waals surface area contributed by atoms with Gasteiger partial charge in [-0.25, -0.2) is 0 Å². The van der Waals surface area contributed by atoms with E-state index < -0.39 is 0 Å². The van der Waals surface area contributed by atoms with E-state index in [1.807, 2.05) is 6.20 Å². The molecular formula is C23H21NO2. The van der Waals surface area contributed by atoms with E-state index in [9.17, 15) is 0 Å². The van der Waals surface area contributed by atoms with Crippen LogP contribution in [-0.4, -0.2) is 19.2 Å². The monoisotopic (exact) mass is 343 g/mol. The standard InChI is InChI=1S/C23H21NO2/c1-25-14-21-10-19-12-23(24-13-20(19)11-22(21)15-26-2)18-8-7-16-5-3-4-6-17(16)9-18/h3-13H,14-15H2,1-2H3. The number of pyridine rings is 1. The maximum atomic E-state index is 5.36. The normalized spacial score (nSPS) is 11.3. The SMILES string of the molecule is COCc1cc2cnc(-c3ccc4ccccc4c3)cc2cc1COC. The van der Waals surface area contributed by atoms with Crippen LogP contribution in [-0.2, 0) is 22.7 Å². The molecule has 4 rings (SSSR count). The Hall–Kier alpha value is -2.75. The minimum atomic E-state index is 0.570. The van der Waals surface area contributed by atoms with Crippen LogP contribution in [0.2, 0.25) is 0 Å². The molecule has 0 saturated carbocycles. The molecule has 0 aliphatic heterocycles. The van der Waals surface area contributed by atoms with Crippen molar-refractivity contribution >= 4 is 21.5 Å². The fraction of sp³-hybridized carbons (Fsp3) is 0.174. The van der Waals surface area contributed by atoms with Crippen LogP contribution in [0.1, 0.15) is 11.1 Å². The lowest BCUT2D eigenvalue weighted by molar-refractivity contribution is 0.168. The van der Waals surface area contributed by atoms with Crippen LogP contribution in [0.3, 0.4) is 0 Å². The van der Waals surface area contributed by atoms with Crippen molar-refractivity contribution in [3.8, 4) is 11.3 Å². The summed E-state index contributed by atoms with van der Waals surface area (Å²) in [5.41, 5.74) is 4.39. The molecule has 130 valence electrons. The molecule has 0 atom stereocenters. The lowest BCUT2D eigenvalue weighted by atomic mass is 10.00. The van der Waals surface area contributed by atoms with Crippen molar-refractivity contribution in [3.63, 3.8) is 0 Å². The average Bonchev–Trinajstić information content (AvgIpc) is 2.68. The van der Waals surface area contributed by atoms with E-state index in [0.29, 0.717) is 13.2 Å². The molecule has 0 aliphatic carbocycles. The molecule has 0 unspecified atom stereocenters. The molecule has 0 N–H and O–H groups in total. The van der Waals surface area contributed by atoms with E-state index in [0.717, 1.165) is 33.2 Å². The van der Waals surface area contributed by atoms with Gasteiger partial charge >= 0.3 is 0 Å². The highest BCUT2D eigenvalue weighted by molar-refractivity contribution is 5.90. The summed E-state index contributed by atoms with van der Waals surface area (Å²) >= 11 is 0. The Balaban J connectivity index is 1.81. The molecule has 0 bridgehead atoms. The quantitative estimate of drug-likeness (QED) is 0.489. The molecule has 3 aromatic carbocycles. The topological polar surface area (TPSA) is 31.4 Å². The Kier molecular flexibility index (Phi) is 4.65. The highest BCUT2D eigenvalue weighted by Gasteiger charge is 2.08. The van der Waals surface area contributed by atoms with E-state index >= 15 is 0 Å². The highest BCUT2D eigenvalue weighted by Crippen LogP contribution is 2.27. The predicted octanol–water partition coefficient (Wildman–Crippen LogP) is 5.35. The van der Waals surface area contributed by atoms with E-state index in [1.165, 1.54) is 10.8 Å². The van der Waals surface area contributed by atoms with Crippen LogP contribution in [0.25, 0.3) is 32.8 Å². The summed E-state index contributed by atoms with van der Waals surface area (Å²) in [6, 6.07) is 21.3. The average molecular weight is 343 g/mol. The lowest BCUT2D eigenvalue weighted by Crippen LogP contribution is -1.98. The van der Waals surface area contributed by atoms with Crippen LogP contribution in [0.4, 0.5) is 0 Å². The summed E-state index contributed by atoms with van der Waals surface area (Å²) in [5.74, 6) is 0. The molecule has 0 aliphatic rings. The summed E-state index contributed by atoms with van der Waals surface area (Å²) in [6.07, 6.45) is 1.94. The van der Waals surface area contributed by atoms with Gasteiger partial charge in [-0.3, -0.25) is 4.98 Å². The number of ether oxygens (including phenoxy) is 2. The predicted molar refractivity (Wildman–Crippen MR) is 106 cm³/mol. The Morgan fingerprint density at radius 1 is 0.692 bits per heavy atom. The van der Waals surface area contributed by atoms with Crippen LogP contribution in [0, 0.1) is 0 Å². The Labute approximate surface area is 153 Å². The number of methoxy groups -OCH3 is 2. The zero-order valence-electron chi connectivity index (χ0n) is 15.0. The highest BCUT2D eigenvalue weighted by atomic mass is 16.5. The second-order valence-corrected chi connectivity index (χ2v) is 6.47. The maximum absolute atomic E-state index is 5.36. The van der Waals surface area contributed by atoms with Gasteiger partial charge in [0, 0.05) is 31.4 Å². The van der Waals surface area contributed by atoms with Gasteiger partial charge < -0.3 is 9.47 Å². The first-order chi connectivity index (χ1) is 12.8. The third kappa shape index (κ3) is 3.19. The number of nitrogens with zero attached hydrogens (tertiary/aromatic N) is 1. The summed E-state index contributed by atoms with van der Waals surface area (Å²) in [7, 11) is 3.43. The van der Waals surface area contributed by atoms with Crippen molar-refractivity contribution in [2.24, 2.45) is 0 Å². The summed E-state index contributed by atoms with van der Waals surface area (Å²) in [6.45, 7) is 1.14. The zero-order valence-corrected chi connectivity index (χ0v) is 15.0. The Morgan fingerprint density at radius 3 is 2.12 bits per heavy atom. The Morgan fingerprint density at radius 2 is 1.38 bits per heavy atom. The number of benzene rings is 3. The largest absolute Gasteiger partial charge is 0.380 e. The molecule has 3 heteroatoms. The number of rotatable bonds is 5. The maximum Gasteiger partial charge on any atom is 0.0716 e. The minimum Gasteiger partial charge on any atom is -0.380 e. The lowest BCUT2D eigenvalue weighted by Gasteiger charge is -2.11. The van der Waals surface area contributed by atoms with Crippen molar-refractivity contribution in [2.75, 3.05) is 14.2 Å². The Bertz CT molecular complexity index is 1070. The van der Waals surface area contributed by atoms with Gasteiger partial charge in [0.05, 0.1) is 18.9 Å². The van der Waals surface area contributed by atoms with Crippen molar-refractivity contribution in [2.45, 2.75) is 13.2 Å². The number of fused-ring (bicyclic) bond motifs is 2. The van der Waals surface area contributed by atoms with Crippen LogP contribution in [0.5, 0.6) is 0 Å². The van der Waals surface area contributed by atoms with Gasteiger partial charge in [0.1, 0.15) is 0 Å². The summed E-state index contributed by atoms with van der Waals surface area (Å²) in [4.78, 5) is 4.69. The second-order valence-electron chi connectivity index (χ2n) is 6.47. The molecule has 1 heterocycles. The second kappa shape index (κ2) is 7.24. The van der Waals surface area contributed by atoms with Crippen LogP contribution >= 0.6 is 0 Å². The van der Waals surface area contributed by atoms with E-state index in [1.54, 1.807) is 14.2 Å². The van der Waals surface area contributed by atoms with E-state index in [-0.39, 0.29) is 0 Å². The van der Waals surface area contributed by atoms with Gasteiger partial charge in [-0.1, -0.05) is 36.4 Å². The van der Waals surface area contributed by atoms with Gasteiger partial charge in [0.25, 0.3) is 0 Å². The molecule has 1 aromatic heterocycles. The number of hydrogen-bond acceptors (Lipinski definition) is 3. The molecule has 0 amide bonds. The van der Waals surface area contributed by atoms with Crippen molar-refractivity contribution in [3.05, 3.63) is 78.0 Å². The first-order valence-electron chi connectivity index (χ1n) is 8.67. The molecule has 0 saturated heterocycles. The molecule has 0 spiro atoms. The van der Waals surface area contributed by atoms with Crippen molar-refractivity contribution in [1.29, 1.82) is 0 Å². The van der Waals surface area contributed by atoms with Crippen LogP contribution in [0.15, 0.2) is 66.9 Å². The third-order valence-electron chi connectivity index (χ3n) is 4.69. The fourth-order valence-electron chi connectivity index (χ4n) is 3.37. The molecule has 0 fully saturated rings. The minimum absolute atomic E-state index is 0.570. The van der Waals surface area contributed by atoms with Gasteiger partial charge in [-0.05, 0) is 51.6 Å². The molecular weight excluding hydrogens is 322 g/mol. The van der Waals surface area contributed by atoms with Gasteiger partial charge in [0.2, 0.25) is 0 Å². The van der Waals surface area contributed by atoms with Gasteiger partial charge in [-0.15, -0.1) is 0 Å². The fourth-order valence-corrected chi connectivity index (χ4v) is 3.37. The molecule has 4 aromatic rings. The van der Waals surface area contributed by atoms with E-state index in [2.05, 4.69) is 65.6 Å². The van der Waals surface area contributed by atoms with E-state index in [4.69, 9.17) is 9.47 Å². The summed E-state index contributed by atoms with van der Waals surface area (Å²) in [5, 5.41) is 4.74. The van der Waals surface area contributed by atoms with Crippen molar-refractivity contribution < 1.29 is 9.47 Å². The van der Waals surface area contributed by atoms with Crippen molar-refractivity contribution in [1.82, 2.24) is 4.98 Å². The molecule has 26 heavy (non-hydrogen) atoms. The molecule has 0 radical (unpaired) electrons. The van der Waals surface area contributed by atoms with Gasteiger partial charge in [-0.2, -0.15) is 0 Å². The molecule has 3 nitrogen and oxygen atoms in total. The number of hydrogen-bond donors (Lipinski definition) is 0. The third-order valence-corrected chi connectivity index (χ3v) is 4.69. The first kappa shape index (κ1) is 16.7. The number of aromatic nitrogens is 1. The first-order valence-corrected chi connectivity index (χ1v) is 8.67. The van der Waals surface area contributed by atoms with Gasteiger partial charge in [0.15, 0.2) is 0 Å². The van der Waals surface area contributed by atoms with Crippen LogP contribution < -0.4 is 0 Å². The zero-order chi connectivity index (χ0) is 17.9.